The van der Waals surface area contributed by atoms with Crippen molar-refractivity contribution in [3.63, 3.8) is 0 Å². The summed E-state index contributed by atoms with van der Waals surface area (Å²) in [6, 6.07) is 23.7. The molecule has 4 N–H and O–H groups in total. The maximum Gasteiger partial charge on any atom is 0.414 e. The molecule has 2 atom stereocenters. The number of hydrogen-bond acceptors (Lipinski definition) is 15. The highest BCUT2D eigenvalue weighted by molar-refractivity contribution is 6.40. The molecule has 0 saturated carbocycles. The Morgan fingerprint density at radius 3 is 1.54 bits per heavy atom. The van der Waals surface area contributed by atoms with Crippen LogP contribution in [0.4, 0.5) is 41.1 Å². The number of hydrogen-bond donors (Lipinski definition) is 3. The number of carbonyl (C=O) groups is 4. The van der Waals surface area contributed by atoms with Gasteiger partial charge in [0.1, 0.15) is 35.3 Å². The predicted octanol–water partition coefficient (Wildman–Crippen LogP) is 7.90. The Kier molecular flexibility index (Phi) is 19.6. The molecule has 6 aromatic rings. The number of morpholine rings is 2. The van der Waals surface area contributed by atoms with Crippen LogP contribution in [-0.4, -0.2) is 150 Å². The summed E-state index contributed by atoms with van der Waals surface area (Å²) in [5.41, 5.74) is 10.6. The van der Waals surface area contributed by atoms with Gasteiger partial charge in [-0.1, -0.05) is 0 Å². The molecule has 76 heavy (non-hydrogen) atoms. The van der Waals surface area contributed by atoms with E-state index < -0.39 is 30.1 Å². The highest BCUT2D eigenvalue weighted by Gasteiger charge is 2.34. The third-order valence-electron chi connectivity index (χ3n) is 12.6. The number of nitrogens with two attached hydrogens (primary N) is 1. The van der Waals surface area contributed by atoms with Gasteiger partial charge in [-0.3, -0.25) is 24.6 Å². The van der Waals surface area contributed by atoms with Crippen molar-refractivity contribution in [1.29, 1.82) is 0 Å². The van der Waals surface area contributed by atoms with Crippen molar-refractivity contribution in [1.82, 2.24) is 15.3 Å². The highest BCUT2D eigenvalue weighted by Crippen LogP contribution is 2.31. The molecule has 19 nitrogen and oxygen atoms in total. The van der Waals surface area contributed by atoms with Gasteiger partial charge >= 0.3 is 18.2 Å². The molecule has 23 heteroatoms. The summed E-state index contributed by atoms with van der Waals surface area (Å²) in [5.74, 6) is -0.623. The molecule has 4 aliphatic heterocycles. The van der Waals surface area contributed by atoms with Gasteiger partial charge in [-0.2, -0.15) is 0 Å². The van der Waals surface area contributed by atoms with Crippen LogP contribution in [0.3, 0.4) is 0 Å². The Morgan fingerprint density at radius 1 is 0.684 bits per heavy atom. The monoisotopic (exact) mass is 1090 g/mol. The number of amides is 3. The molecule has 0 spiro atoms. The van der Waals surface area contributed by atoms with E-state index in [-0.39, 0.29) is 48.4 Å². The third-order valence-corrected chi connectivity index (χ3v) is 12.6. The zero-order valence-electron chi connectivity index (χ0n) is 42.2. The fourth-order valence-corrected chi connectivity index (χ4v) is 8.63. The molecular formula is C53H58Cl2F2N8O11. The molecule has 0 unspecified atom stereocenters. The molecule has 4 saturated heterocycles. The zero-order chi connectivity index (χ0) is 54.5. The van der Waals surface area contributed by atoms with Crippen LogP contribution < -0.4 is 40.1 Å². The maximum absolute atomic E-state index is 14.8. The van der Waals surface area contributed by atoms with Crippen LogP contribution in [-0.2, 0) is 18.9 Å². The lowest BCUT2D eigenvalue weighted by molar-refractivity contribution is 0.0695. The Hall–Kier alpha value is -7.30. The van der Waals surface area contributed by atoms with Gasteiger partial charge in [0.25, 0.3) is 5.91 Å². The van der Waals surface area contributed by atoms with Crippen LogP contribution in [0.2, 0.25) is 0 Å². The summed E-state index contributed by atoms with van der Waals surface area (Å²) in [6.45, 7) is 9.23. The van der Waals surface area contributed by atoms with E-state index in [2.05, 4.69) is 15.3 Å². The molecule has 10 rings (SSSR count). The zero-order valence-corrected chi connectivity index (χ0v) is 43.7. The van der Waals surface area contributed by atoms with Crippen LogP contribution in [0.15, 0.2) is 84.9 Å². The smallest absolute Gasteiger partial charge is 0.414 e. The van der Waals surface area contributed by atoms with Crippen LogP contribution in [0.1, 0.15) is 32.1 Å². The van der Waals surface area contributed by atoms with E-state index in [1.807, 2.05) is 28.0 Å². The van der Waals surface area contributed by atoms with Crippen LogP contribution >= 0.6 is 23.2 Å². The number of methoxy groups -OCH3 is 2. The number of nitrogens with zero attached hydrogens (tertiary/aromatic N) is 6. The van der Waals surface area contributed by atoms with Crippen molar-refractivity contribution in [3.8, 4) is 11.5 Å². The first-order chi connectivity index (χ1) is 36.6. The molecule has 4 aromatic carbocycles. The number of carbonyl (C=O) groups excluding carboxylic acids is 3. The van der Waals surface area contributed by atoms with Gasteiger partial charge in [0.05, 0.1) is 122 Å². The summed E-state index contributed by atoms with van der Waals surface area (Å²) in [5, 5.41) is 13.6. The highest BCUT2D eigenvalue weighted by atomic mass is 35.5. The molecule has 4 aliphatic rings. The Bertz CT molecular complexity index is 3040. The summed E-state index contributed by atoms with van der Waals surface area (Å²) in [7, 11) is 3.17. The number of pyridine rings is 2. The Morgan fingerprint density at radius 2 is 1.12 bits per heavy atom. The van der Waals surface area contributed by atoms with E-state index in [4.69, 9.17) is 62.5 Å². The molecule has 0 bridgehead atoms. The van der Waals surface area contributed by atoms with Crippen molar-refractivity contribution < 1.29 is 61.5 Å². The summed E-state index contributed by atoms with van der Waals surface area (Å²) >= 11 is 9.53. The number of halogens is 4. The number of carboxylic acid groups (broad SMARTS) is 1. The summed E-state index contributed by atoms with van der Waals surface area (Å²) in [4.78, 5) is 63.4. The summed E-state index contributed by atoms with van der Waals surface area (Å²) < 4.78 is 60.5. The number of anilines is 4. The van der Waals surface area contributed by atoms with E-state index in [9.17, 15) is 28.0 Å². The molecule has 3 amide bonds. The fourth-order valence-electron chi connectivity index (χ4n) is 8.63. The predicted molar refractivity (Wildman–Crippen MR) is 285 cm³/mol. The van der Waals surface area contributed by atoms with E-state index >= 15 is 0 Å². The standard InChI is InChI=1S/C26H27FN4O5.C14H18FN3O3.C12H11NO3.CH2Cl2/c1-16-21(11-17-3-5-19(34-2)13-23(17)29-16)25(32)28-14-20-15-31(26(33)36-20)18-4-6-24(22(27)12-18)30-7-9-35-10-8-30;15-12-7-10(18-9-11(8-16)21-14(18)19)1-2-13(12)17-3-5-20-6-4-17;1-7-10(12(14)15)5-8-3-4-9(16-2)6-11(8)13-7;2-1-3/h3-6,11-13,20H,7-10,14-15H2,1-2H3,(H,28,32);1-2,7,11H,3-6,8-9,16H2;3-6H,1-2H3,(H,14,15);1H2/t20-;11-;;/m00../s1. The van der Waals surface area contributed by atoms with Crippen molar-refractivity contribution in [2.75, 3.05) is 118 Å². The van der Waals surface area contributed by atoms with Crippen molar-refractivity contribution in [3.05, 3.63) is 119 Å². The number of fused-ring (bicyclic) bond motifs is 2. The number of cyclic esters (lactones) is 2. The van der Waals surface area contributed by atoms with E-state index in [1.165, 1.54) is 21.9 Å². The van der Waals surface area contributed by atoms with Crippen LogP contribution in [0, 0.1) is 25.5 Å². The van der Waals surface area contributed by atoms with E-state index in [1.54, 1.807) is 82.7 Å². The molecule has 404 valence electrons. The number of alkyl halides is 2. The van der Waals surface area contributed by atoms with Gasteiger partial charge in [0.2, 0.25) is 0 Å². The number of ether oxygens (including phenoxy) is 6. The third kappa shape index (κ3) is 13.9. The second-order valence-corrected chi connectivity index (χ2v) is 18.2. The van der Waals surface area contributed by atoms with Gasteiger partial charge in [-0.05, 0) is 86.6 Å². The first kappa shape index (κ1) is 56.4. The molecular weight excluding hydrogens is 1030 g/mol. The Balaban J connectivity index is 0.000000177. The number of aromatic carboxylic acids is 1. The van der Waals surface area contributed by atoms with Crippen molar-refractivity contribution in [2.45, 2.75) is 26.1 Å². The molecule has 4 fully saturated rings. The number of nitrogens with one attached hydrogen (secondary N) is 1. The quantitative estimate of drug-likeness (QED) is 0.105. The maximum atomic E-state index is 14.8. The first-order valence-electron chi connectivity index (χ1n) is 24.1. The number of aryl methyl sites for hydroxylation is 2. The van der Waals surface area contributed by atoms with Gasteiger partial charge < -0.3 is 54.4 Å². The minimum atomic E-state index is -0.956. The normalized spacial score (nSPS) is 17.1. The first-order valence-corrected chi connectivity index (χ1v) is 25.2. The van der Waals surface area contributed by atoms with Gasteiger partial charge in [0.15, 0.2) is 0 Å². The van der Waals surface area contributed by atoms with Crippen LogP contribution in [0.25, 0.3) is 21.8 Å². The SMILES string of the molecule is COc1ccc2cc(C(=O)NC[C@H]3CN(c4ccc(N5CCOCC5)c(F)c4)C(=O)O3)c(C)nc2c1.COc1ccc2cc(C(=O)O)c(C)nc2c1.ClCCl.NC[C@H]1CN(c2ccc(N3CCOCC3)c(F)c2)C(=O)O1. The van der Waals surface area contributed by atoms with Crippen molar-refractivity contribution in [2.24, 2.45) is 5.73 Å². The topological polar surface area (TPSA) is 221 Å². The Labute approximate surface area is 447 Å². The van der Waals surface area contributed by atoms with Crippen LogP contribution in [0.5, 0.6) is 11.5 Å². The van der Waals surface area contributed by atoms with Gasteiger partial charge in [0, 0.05) is 55.6 Å². The van der Waals surface area contributed by atoms with Crippen molar-refractivity contribution >= 4 is 91.8 Å². The lowest BCUT2D eigenvalue weighted by atomic mass is 10.1. The second-order valence-electron chi connectivity index (χ2n) is 17.4. The molecule has 0 aliphatic carbocycles. The number of aromatic nitrogens is 2. The largest absolute Gasteiger partial charge is 0.497 e. The second kappa shape index (κ2) is 26.5. The molecule has 2 aromatic heterocycles. The number of benzene rings is 4. The average Bonchev–Trinajstić information content (AvgIpc) is 4.01. The van der Waals surface area contributed by atoms with E-state index in [0.29, 0.717) is 110 Å². The summed E-state index contributed by atoms with van der Waals surface area (Å²) in [6.07, 6.45) is -1.96. The minimum absolute atomic E-state index is 0.121. The van der Waals surface area contributed by atoms with Gasteiger partial charge in [-0.25, -0.2) is 23.2 Å². The average molecular weight is 1090 g/mol. The lowest BCUT2D eigenvalue weighted by Crippen LogP contribution is -2.37. The number of rotatable bonds is 11. The van der Waals surface area contributed by atoms with Gasteiger partial charge in [-0.15, -0.1) is 23.2 Å². The lowest BCUT2D eigenvalue weighted by Gasteiger charge is -2.29. The minimum Gasteiger partial charge on any atom is -0.497 e. The molecule has 6 heterocycles. The fraction of sp³-hybridized carbons (Fsp3) is 0.358. The van der Waals surface area contributed by atoms with E-state index in [0.717, 1.165) is 21.8 Å². The molecule has 0 radical (unpaired) electrons. The number of carboxylic acids is 1.